The number of nitrogens with zero attached hydrogens (tertiary/aromatic N) is 1. The molecule has 0 radical (unpaired) electrons. The molecule has 0 spiro atoms. The van der Waals surface area contributed by atoms with E-state index >= 15 is 4.39 Å². The third kappa shape index (κ3) is 5.55. The minimum Gasteiger partial charge on any atom is -0.491 e. The summed E-state index contributed by atoms with van der Waals surface area (Å²) in [7, 11) is -3.75. The summed E-state index contributed by atoms with van der Waals surface area (Å²) in [4.78, 5) is 14.8. The number of rotatable bonds is 7. The first-order chi connectivity index (χ1) is 18.7. The first kappa shape index (κ1) is 26.9. The molecule has 1 saturated heterocycles. The van der Waals surface area contributed by atoms with Crippen molar-refractivity contribution in [2.24, 2.45) is 0 Å². The molecule has 0 unspecified atom stereocenters. The molecule has 0 saturated carbocycles. The second-order valence-electron chi connectivity index (χ2n) is 9.98. The van der Waals surface area contributed by atoms with Gasteiger partial charge in [-0.15, -0.1) is 0 Å². The minimum atomic E-state index is -3.75. The van der Waals surface area contributed by atoms with Crippen molar-refractivity contribution in [2.45, 2.75) is 30.8 Å². The molecule has 0 aliphatic carbocycles. The molecule has 1 amide bonds. The van der Waals surface area contributed by atoms with Gasteiger partial charge in [0.25, 0.3) is 5.91 Å². The Balaban J connectivity index is 1.38. The van der Waals surface area contributed by atoms with Gasteiger partial charge in [0.15, 0.2) is 9.84 Å². The maximum absolute atomic E-state index is 15.1. The Labute approximate surface area is 228 Å². The van der Waals surface area contributed by atoms with Gasteiger partial charge in [0.2, 0.25) is 0 Å². The summed E-state index contributed by atoms with van der Waals surface area (Å²) in [5.41, 5.74) is 5.05. The standard InChI is InChI=1S/C30H32FN3O4S/c1-4-25-26(10-12-28(29(25)31)39(3,36)37)30(35)34-13-14-38-27-11-9-22(15-23(27)18-34)21-7-5-20(6-8-21)19(2)33-24-16-32-17-24/h5-12,15,24,32-33H,2,4,13-14,16-18H2,1,3H3. The Hall–Kier alpha value is -3.69. The molecule has 9 heteroatoms. The summed E-state index contributed by atoms with van der Waals surface area (Å²) >= 11 is 0. The van der Waals surface area contributed by atoms with Crippen LogP contribution in [-0.4, -0.2) is 57.8 Å². The second-order valence-corrected chi connectivity index (χ2v) is 12.0. The van der Waals surface area contributed by atoms with Crippen LogP contribution in [0.3, 0.4) is 0 Å². The lowest BCUT2D eigenvalue weighted by molar-refractivity contribution is 0.0731. The zero-order chi connectivity index (χ0) is 27.7. The molecule has 2 aliphatic rings. The van der Waals surface area contributed by atoms with Crippen LogP contribution in [0.25, 0.3) is 16.8 Å². The van der Waals surface area contributed by atoms with Crippen LogP contribution in [0.1, 0.15) is 34.0 Å². The van der Waals surface area contributed by atoms with Crippen molar-refractivity contribution < 1.29 is 22.3 Å². The average molecular weight is 550 g/mol. The molecule has 2 heterocycles. The number of ether oxygens (including phenoxy) is 1. The van der Waals surface area contributed by atoms with Gasteiger partial charge in [-0.2, -0.15) is 0 Å². The smallest absolute Gasteiger partial charge is 0.254 e. The molecule has 3 aromatic rings. The normalized spacial score (nSPS) is 15.5. The Morgan fingerprint density at radius 3 is 2.49 bits per heavy atom. The van der Waals surface area contributed by atoms with E-state index in [1.165, 1.54) is 12.1 Å². The highest BCUT2D eigenvalue weighted by molar-refractivity contribution is 7.90. The highest BCUT2D eigenvalue weighted by Gasteiger charge is 2.27. The lowest BCUT2D eigenvalue weighted by Crippen LogP contribution is -2.54. The summed E-state index contributed by atoms with van der Waals surface area (Å²) in [6, 6.07) is 17.1. The number of amides is 1. The van der Waals surface area contributed by atoms with Crippen LogP contribution in [0.5, 0.6) is 5.75 Å². The molecular weight excluding hydrogens is 517 g/mol. The predicted molar refractivity (Wildman–Crippen MR) is 150 cm³/mol. The van der Waals surface area contributed by atoms with E-state index in [4.69, 9.17) is 4.74 Å². The Kier molecular flexibility index (Phi) is 7.46. The van der Waals surface area contributed by atoms with E-state index in [-0.39, 0.29) is 30.0 Å². The number of carbonyl (C=O) groups is 1. The Morgan fingerprint density at radius 2 is 1.85 bits per heavy atom. The van der Waals surface area contributed by atoms with Gasteiger partial charge in [-0.3, -0.25) is 4.79 Å². The SMILES string of the molecule is C=C(NC1CNC1)c1ccc(-c2ccc3c(c2)CN(C(=O)c2ccc(S(C)(=O)=O)c(F)c2CC)CCO3)cc1. The molecule has 1 fully saturated rings. The van der Waals surface area contributed by atoms with Crippen molar-refractivity contribution in [1.29, 1.82) is 0 Å². The van der Waals surface area contributed by atoms with E-state index in [1.54, 1.807) is 11.8 Å². The van der Waals surface area contributed by atoms with E-state index < -0.39 is 20.5 Å². The van der Waals surface area contributed by atoms with E-state index in [1.807, 2.05) is 42.5 Å². The summed E-state index contributed by atoms with van der Waals surface area (Å²) in [5, 5.41) is 6.66. The lowest BCUT2D eigenvalue weighted by atomic mass is 9.99. The maximum atomic E-state index is 15.1. The largest absolute Gasteiger partial charge is 0.491 e. The lowest BCUT2D eigenvalue weighted by Gasteiger charge is -2.29. The van der Waals surface area contributed by atoms with Crippen molar-refractivity contribution in [1.82, 2.24) is 15.5 Å². The Morgan fingerprint density at radius 1 is 1.13 bits per heavy atom. The quantitative estimate of drug-likeness (QED) is 0.463. The van der Waals surface area contributed by atoms with Crippen LogP contribution in [-0.2, 0) is 22.8 Å². The monoisotopic (exact) mass is 549 g/mol. The fourth-order valence-corrected chi connectivity index (χ4v) is 5.70. The zero-order valence-corrected chi connectivity index (χ0v) is 22.9. The molecule has 3 aromatic carbocycles. The number of fused-ring (bicyclic) bond motifs is 1. The fourth-order valence-electron chi connectivity index (χ4n) is 4.93. The second kappa shape index (κ2) is 10.8. The van der Waals surface area contributed by atoms with Gasteiger partial charge in [0.1, 0.15) is 23.1 Å². The van der Waals surface area contributed by atoms with Crippen molar-refractivity contribution in [3.05, 3.63) is 89.2 Å². The number of sulfone groups is 1. The van der Waals surface area contributed by atoms with Gasteiger partial charge in [-0.25, -0.2) is 12.8 Å². The van der Waals surface area contributed by atoms with Gasteiger partial charge < -0.3 is 20.3 Å². The Bertz CT molecular complexity index is 1530. The molecular formula is C30H32FN3O4S. The van der Waals surface area contributed by atoms with Crippen molar-refractivity contribution >= 4 is 21.4 Å². The van der Waals surface area contributed by atoms with Gasteiger partial charge in [-0.1, -0.05) is 43.8 Å². The van der Waals surface area contributed by atoms with Gasteiger partial charge in [0.05, 0.1) is 12.6 Å². The molecule has 39 heavy (non-hydrogen) atoms. The van der Waals surface area contributed by atoms with Gasteiger partial charge in [-0.05, 0) is 47.4 Å². The molecule has 204 valence electrons. The molecule has 0 aromatic heterocycles. The summed E-state index contributed by atoms with van der Waals surface area (Å²) in [6.45, 7) is 8.64. The maximum Gasteiger partial charge on any atom is 0.254 e. The van der Waals surface area contributed by atoms with E-state index in [2.05, 4.69) is 17.2 Å². The average Bonchev–Trinajstić information content (AvgIpc) is 3.11. The van der Waals surface area contributed by atoms with Crippen LogP contribution < -0.4 is 15.4 Å². The summed E-state index contributed by atoms with van der Waals surface area (Å²) in [6.07, 6.45) is 1.15. The highest BCUT2D eigenvalue weighted by Crippen LogP contribution is 2.31. The van der Waals surface area contributed by atoms with Crippen LogP contribution in [0.15, 0.2) is 66.1 Å². The van der Waals surface area contributed by atoms with Crippen LogP contribution >= 0.6 is 0 Å². The zero-order valence-electron chi connectivity index (χ0n) is 22.1. The predicted octanol–water partition coefficient (Wildman–Crippen LogP) is 4.03. The molecule has 2 aliphatic heterocycles. The number of carbonyl (C=O) groups excluding carboxylic acids is 1. The number of hydrogen-bond acceptors (Lipinski definition) is 6. The first-order valence-electron chi connectivity index (χ1n) is 13.0. The number of benzene rings is 3. The molecule has 0 bridgehead atoms. The van der Waals surface area contributed by atoms with Gasteiger partial charge >= 0.3 is 0 Å². The van der Waals surface area contributed by atoms with Crippen molar-refractivity contribution in [3.8, 4) is 16.9 Å². The van der Waals surface area contributed by atoms with Crippen LogP contribution in [0.2, 0.25) is 0 Å². The molecule has 2 N–H and O–H groups in total. The van der Waals surface area contributed by atoms with Crippen molar-refractivity contribution in [2.75, 3.05) is 32.5 Å². The number of hydrogen-bond donors (Lipinski definition) is 2. The van der Waals surface area contributed by atoms with E-state index in [9.17, 15) is 13.2 Å². The third-order valence-corrected chi connectivity index (χ3v) is 8.36. The number of nitrogens with one attached hydrogen (secondary N) is 2. The van der Waals surface area contributed by atoms with E-state index in [0.29, 0.717) is 24.9 Å². The first-order valence-corrected chi connectivity index (χ1v) is 14.9. The molecule has 5 rings (SSSR count). The fraction of sp³-hybridized carbons (Fsp3) is 0.300. The van der Waals surface area contributed by atoms with Crippen LogP contribution in [0.4, 0.5) is 4.39 Å². The summed E-state index contributed by atoms with van der Waals surface area (Å²) in [5.74, 6) is -0.512. The van der Waals surface area contributed by atoms with Crippen LogP contribution in [0, 0.1) is 5.82 Å². The number of halogens is 1. The third-order valence-electron chi connectivity index (χ3n) is 7.25. The minimum absolute atomic E-state index is 0.104. The van der Waals surface area contributed by atoms with Crippen molar-refractivity contribution in [3.63, 3.8) is 0 Å². The molecule has 0 atom stereocenters. The topological polar surface area (TPSA) is 87.7 Å². The molecule has 7 nitrogen and oxygen atoms in total. The highest BCUT2D eigenvalue weighted by atomic mass is 32.2. The van der Waals surface area contributed by atoms with E-state index in [0.717, 1.165) is 47.3 Å². The van der Waals surface area contributed by atoms with Gasteiger partial charge in [0, 0.05) is 48.3 Å². The summed E-state index contributed by atoms with van der Waals surface area (Å²) < 4.78 is 45.0.